The zero-order valence-corrected chi connectivity index (χ0v) is 15.2. The van der Waals surface area contributed by atoms with E-state index in [9.17, 15) is 4.79 Å². The summed E-state index contributed by atoms with van der Waals surface area (Å²) in [5.41, 5.74) is 0.973. The highest BCUT2D eigenvalue weighted by molar-refractivity contribution is 9.10. The zero-order chi connectivity index (χ0) is 16.9. The Kier molecular flexibility index (Phi) is 5.52. The van der Waals surface area contributed by atoms with Crippen molar-refractivity contribution in [3.05, 3.63) is 46.3 Å². The van der Waals surface area contributed by atoms with Gasteiger partial charge in [-0.25, -0.2) is 0 Å². The Morgan fingerprint density at radius 2 is 2.04 bits per heavy atom. The van der Waals surface area contributed by atoms with Gasteiger partial charge in [0, 0.05) is 10.5 Å². The fourth-order valence-electron chi connectivity index (χ4n) is 2.77. The van der Waals surface area contributed by atoms with Crippen LogP contribution in [0.3, 0.4) is 0 Å². The number of nitrogens with zero attached hydrogens (tertiary/aromatic N) is 2. The van der Waals surface area contributed by atoms with E-state index >= 15 is 0 Å². The van der Waals surface area contributed by atoms with E-state index in [1.807, 2.05) is 42.2 Å². The molecule has 1 aromatic carbocycles. The summed E-state index contributed by atoms with van der Waals surface area (Å²) in [7, 11) is 0. The minimum absolute atomic E-state index is 0.0363. The van der Waals surface area contributed by atoms with E-state index in [4.69, 9.17) is 9.26 Å². The summed E-state index contributed by atoms with van der Waals surface area (Å²) < 4.78 is 11.6. The van der Waals surface area contributed by atoms with Crippen LogP contribution in [0.25, 0.3) is 0 Å². The highest BCUT2D eigenvalue weighted by Crippen LogP contribution is 2.16. The van der Waals surface area contributed by atoms with Gasteiger partial charge in [0.25, 0.3) is 5.91 Å². The molecule has 0 radical (unpaired) electrons. The van der Waals surface area contributed by atoms with Crippen molar-refractivity contribution in [2.24, 2.45) is 0 Å². The standard InChI is InChI=1S/C17H20BrN3O3/c1-13-10-15(19-24-13)11-20-6-8-21(9-7-20)17(22)12-23-16-4-2-14(18)3-5-16/h2-5,10H,6-9,11-12H2,1H3/p+1. The van der Waals surface area contributed by atoms with E-state index in [0.29, 0.717) is 5.75 Å². The molecule has 2 heterocycles. The molecule has 0 saturated carbocycles. The number of hydrogen-bond acceptors (Lipinski definition) is 4. The third kappa shape index (κ3) is 4.58. The number of halogens is 1. The molecule has 1 aliphatic rings. The van der Waals surface area contributed by atoms with Crippen molar-refractivity contribution in [2.45, 2.75) is 13.5 Å². The molecular weight excluding hydrogens is 374 g/mol. The first kappa shape index (κ1) is 17.0. The first-order chi connectivity index (χ1) is 11.6. The Morgan fingerprint density at radius 3 is 2.67 bits per heavy atom. The number of amides is 1. The summed E-state index contributed by atoms with van der Waals surface area (Å²) >= 11 is 3.38. The van der Waals surface area contributed by atoms with Crippen molar-refractivity contribution in [1.29, 1.82) is 0 Å². The molecule has 0 spiro atoms. The number of ether oxygens (including phenoxy) is 1. The van der Waals surface area contributed by atoms with Gasteiger partial charge in [0.05, 0.1) is 26.2 Å². The van der Waals surface area contributed by atoms with E-state index in [2.05, 4.69) is 21.1 Å². The van der Waals surface area contributed by atoms with Crippen LogP contribution < -0.4 is 9.64 Å². The van der Waals surface area contributed by atoms with Gasteiger partial charge in [0.2, 0.25) is 0 Å². The third-order valence-corrected chi connectivity index (χ3v) is 4.64. The van der Waals surface area contributed by atoms with E-state index < -0.39 is 0 Å². The monoisotopic (exact) mass is 394 g/mol. The fourth-order valence-corrected chi connectivity index (χ4v) is 3.04. The lowest BCUT2D eigenvalue weighted by Crippen LogP contribution is -3.13. The number of quaternary nitrogens is 1. The quantitative estimate of drug-likeness (QED) is 0.823. The zero-order valence-electron chi connectivity index (χ0n) is 13.6. The second kappa shape index (κ2) is 7.81. The minimum Gasteiger partial charge on any atom is -0.484 e. The molecule has 0 bridgehead atoms. The number of hydrogen-bond donors (Lipinski definition) is 1. The average Bonchev–Trinajstić information content (AvgIpc) is 2.99. The molecule has 1 amide bonds. The molecule has 6 nitrogen and oxygen atoms in total. The summed E-state index contributed by atoms with van der Waals surface area (Å²) in [4.78, 5) is 15.6. The Labute approximate surface area is 149 Å². The predicted molar refractivity (Wildman–Crippen MR) is 91.9 cm³/mol. The molecule has 7 heteroatoms. The van der Waals surface area contributed by atoms with Gasteiger partial charge in [-0.1, -0.05) is 21.1 Å². The topological polar surface area (TPSA) is 60.0 Å². The number of aromatic nitrogens is 1. The predicted octanol–water partition coefficient (Wildman–Crippen LogP) is 1.05. The third-order valence-electron chi connectivity index (χ3n) is 4.11. The average molecular weight is 395 g/mol. The second-order valence-corrected chi connectivity index (χ2v) is 6.89. The molecule has 1 N–H and O–H groups in total. The molecule has 1 fully saturated rings. The van der Waals surface area contributed by atoms with E-state index in [1.165, 1.54) is 4.90 Å². The SMILES string of the molecule is Cc1cc(C[NH+]2CCN(C(=O)COc3ccc(Br)cc3)CC2)no1. The summed E-state index contributed by atoms with van der Waals surface area (Å²) in [6, 6.07) is 9.45. The molecule has 0 aliphatic carbocycles. The summed E-state index contributed by atoms with van der Waals surface area (Å²) in [6.07, 6.45) is 0. The first-order valence-corrected chi connectivity index (χ1v) is 8.81. The number of carbonyl (C=O) groups is 1. The summed E-state index contributed by atoms with van der Waals surface area (Å²) in [5, 5.41) is 4.03. The van der Waals surface area contributed by atoms with Gasteiger partial charge in [0.15, 0.2) is 6.61 Å². The fraction of sp³-hybridized carbons (Fsp3) is 0.412. The molecule has 1 aliphatic heterocycles. The second-order valence-electron chi connectivity index (χ2n) is 5.98. The normalized spacial score (nSPS) is 15.5. The van der Waals surface area contributed by atoms with Crippen LogP contribution in [0.2, 0.25) is 0 Å². The van der Waals surface area contributed by atoms with Gasteiger partial charge < -0.3 is 19.1 Å². The van der Waals surface area contributed by atoms with E-state index in [0.717, 1.165) is 48.7 Å². The molecule has 0 atom stereocenters. The van der Waals surface area contributed by atoms with Gasteiger partial charge in [0.1, 0.15) is 23.7 Å². The van der Waals surface area contributed by atoms with Gasteiger partial charge in [-0.2, -0.15) is 0 Å². The smallest absolute Gasteiger partial charge is 0.260 e. The molecule has 128 valence electrons. The van der Waals surface area contributed by atoms with Crippen LogP contribution in [0.5, 0.6) is 5.75 Å². The van der Waals surface area contributed by atoms with Crippen LogP contribution >= 0.6 is 15.9 Å². The number of nitrogens with one attached hydrogen (secondary N) is 1. The molecule has 24 heavy (non-hydrogen) atoms. The van der Waals surface area contributed by atoms with E-state index in [-0.39, 0.29) is 12.5 Å². The lowest BCUT2D eigenvalue weighted by molar-refractivity contribution is -0.918. The van der Waals surface area contributed by atoms with Crippen LogP contribution in [-0.2, 0) is 11.3 Å². The maximum atomic E-state index is 12.3. The minimum atomic E-state index is 0.0363. The Balaban J connectivity index is 1.42. The molecule has 1 saturated heterocycles. The van der Waals surface area contributed by atoms with Crippen molar-refractivity contribution in [2.75, 3.05) is 32.8 Å². The van der Waals surface area contributed by atoms with Gasteiger partial charge in [-0.15, -0.1) is 0 Å². The van der Waals surface area contributed by atoms with Crippen molar-refractivity contribution < 1.29 is 19.0 Å². The van der Waals surface area contributed by atoms with Crippen molar-refractivity contribution >= 4 is 21.8 Å². The maximum Gasteiger partial charge on any atom is 0.260 e. The molecule has 1 aromatic heterocycles. The number of piperazine rings is 1. The Hall–Kier alpha value is -1.86. The van der Waals surface area contributed by atoms with Gasteiger partial charge in [-0.05, 0) is 31.2 Å². The Bertz CT molecular complexity index is 679. The van der Waals surface area contributed by atoms with Crippen molar-refractivity contribution in [3.8, 4) is 5.75 Å². The lowest BCUT2D eigenvalue weighted by atomic mass is 10.2. The van der Waals surface area contributed by atoms with Gasteiger partial charge in [-0.3, -0.25) is 4.79 Å². The van der Waals surface area contributed by atoms with Crippen LogP contribution in [-0.4, -0.2) is 48.7 Å². The summed E-state index contributed by atoms with van der Waals surface area (Å²) in [5.74, 6) is 1.58. The van der Waals surface area contributed by atoms with Crippen molar-refractivity contribution in [3.63, 3.8) is 0 Å². The molecule has 2 aromatic rings. The van der Waals surface area contributed by atoms with Gasteiger partial charge >= 0.3 is 0 Å². The van der Waals surface area contributed by atoms with Crippen LogP contribution in [0.4, 0.5) is 0 Å². The number of rotatable bonds is 5. The highest BCUT2D eigenvalue weighted by Gasteiger charge is 2.24. The van der Waals surface area contributed by atoms with Crippen LogP contribution in [0.1, 0.15) is 11.5 Å². The number of carbonyl (C=O) groups excluding carboxylic acids is 1. The largest absolute Gasteiger partial charge is 0.484 e. The highest BCUT2D eigenvalue weighted by atomic mass is 79.9. The first-order valence-electron chi connectivity index (χ1n) is 8.02. The summed E-state index contributed by atoms with van der Waals surface area (Å²) in [6.45, 7) is 6.14. The number of aryl methyl sites for hydroxylation is 1. The number of benzene rings is 1. The lowest BCUT2D eigenvalue weighted by Gasteiger charge is -2.31. The van der Waals surface area contributed by atoms with Crippen molar-refractivity contribution in [1.82, 2.24) is 10.1 Å². The van der Waals surface area contributed by atoms with Crippen LogP contribution in [0.15, 0.2) is 39.3 Å². The Morgan fingerprint density at radius 1 is 1.33 bits per heavy atom. The van der Waals surface area contributed by atoms with Crippen LogP contribution in [0, 0.1) is 6.92 Å². The molecular formula is C17H21BrN3O3+. The maximum absolute atomic E-state index is 12.3. The molecule has 0 unspecified atom stereocenters. The van der Waals surface area contributed by atoms with E-state index in [1.54, 1.807) is 0 Å². The molecule has 3 rings (SSSR count).